The molecule has 2 aromatic rings. The molecule has 0 aliphatic heterocycles. The monoisotopic (exact) mass is 279 g/mol. The molecule has 0 atom stereocenters. The van der Waals surface area contributed by atoms with Crippen molar-refractivity contribution in [2.45, 2.75) is 18.0 Å². The number of aromatic nitrogens is 2. The molecular weight excluding hydrogens is 262 g/mol. The largest absolute Gasteiger partial charge is 0.337 e. The molecule has 1 aromatic carbocycles. The lowest BCUT2D eigenvalue weighted by Crippen LogP contribution is -2.14. The third-order valence-electron chi connectivity index (χ3n) is 2.90. The molecule has 19 heavy (non-hydrogen) atoms. The van der Waals surface area contributed by atoms with Gasteiger partial charge in [0.25, 0.3) is 0 Å². The van der Waals surface area contributed by atoms with E-state index >= 15 is 0 Å². The average Bonchev–Trinajstić information content (AvgIpc) is 2.75. The van der Waals surface area contributed by atoms with Crippen molar-refractivity contribution in [3.8, 4) is 0 Å². The van der Waals surface area contributed by atoms with Gasteiger partial charge in [0.05, 0.1) is 16.9 Å². The number of rotatable bonds is 5. The van der Waals surface area contributed by atoms with Gasteiger partial charge in [0.15, 0.2) is 9.84 Å². The van der Waals surface area contributed by atoms with E-state index < -0.39 is 9.84 Å². The first-order valence-electron chi connectivity index (χ1n) is 5.92. The van der Waals surface area contributed by atoms with Gasteiger partial charge in [0, 0.05) is 32.6 Å². The number of nitrogens with one attached hydrogen (secondary N) is 1. The molecule has 0 aliphatic carbocycles. The molecule has 1 N–H and O–H groups in total. The number of imidazole rings is 1. The SMILES string of the molecule is Cn1cncc1CNCc1ccc(S(C)(=O)=O)cc1. The van der Waals surface area contributed by atoms with Gasteiger partial charge in [-0.1, -0.05) is 12.1 Å². The fourth-order valence-corrected chi connectivity index (χ4v) is 2.37. The summed E-state index contributed by atoms with van der Waals surface area (Å²) in [5.41, 5.74) is 2.15. The van der Waals surface area contributed by atoms with Gasteiger partial charge in [-0.15, -0.1) is 0 Å². The molecule has 0 spiro atoms. The predicted octanol–water partition coefficient (Wildman–Crippen LogP) is 1.11. The summed E-state index contributed by atoms with van der Waals surface area (Å²) in [4.78, 5) is 4.39. The Morgan fingerprint density at radius 2 is 1.89 bits per heavy atom. The zero-order valence-corrected chi connectivity index (χ0v) is 11.8. The smallest absolute Gasteiger partial charge is 0.175 e. The molecule has 0 radical (unpaired) electrons. The van der Waals surface area contributed by atoms with Crippen LogP contribution in [0.5, 0.6) is 0 Å². The highest BCUT2D eigenvalue weighted by atomic mass is 32.2. The van der Waals surface area contributed by atoms with Crippen molar-refractivity contribution in [1.29, 1.82) is 0 Å². The molecular formula is C13H17N3O2S. The normalized spacial score (nSPS) is 11.7. The molecule has 0 amide bonds. The van der Waals surface area contributed by atoms with E-state index in [0.29, 0.717) is 11.4 Å². The Kier molecular flexibility index (Phi) is 4.01. The number of benzene rings is 1. The van der Waals surface area contributed by atoms with E-state index in [9.17, 15) is 8.42 Å². The van der Waals surface area contributed by atoms with Crippen LogP contribution in [0.3, 0.4) is 0 Å². The summed E-state index contributed by atoms with van der Waals surface area (Å²) < 4.78 is 24.6. The van der Waals surface area contributed by atoms with Crippen molar-refractivity contribution < 1.29 is 8.42 Å². The molecule has 0 unspecified atom stereocenters. The number of hydrogen-bond donors (Lipinski definition) is 1. The molecule has 0 saturated carbocycles. The van der Waals surface area contributed by atoms with Gasteiger partial charge in [-0.3, -0.25) is 0 Å². The van der Waals surface area contributed by atoms with Crippen molar-refractivity contribution in [1.82, 2.24) is 14.9 Å². The number of nitrogens with zero attached hydrogens (tertiary/aromatic N) is 2. The lowest BCUT2D eigenvalue weighted by molar-refractivity contribution is 0.601. The van der Waals surface area contributed by atoms with E-state index in [1.807, 2.05) is 29.9 Å². The molecule has 1 heterocycles. The van der Waals surface area contributed by atoms with Crippen molar-refractivity contribution in [2.24, 2.45) is 7.05 Å². The molecule has 0 saturated heterocycles. The van der Waals surface area contributed by atoms with E-state index in [4.69, 9.17) is 0 Å². The Morgan fingerprint density at radius 3 is 2.42 bits per heavy atom. The lowest BCUT2D eigenvalue weighted by Gasteiger charge is -2.06. The number of hydrogen-bond acceptors (Lipinski definition) is 4. The summed E-state index contributed by atoms with van der Waals surface area (Å²) in [6.45, 7) is 1.42. The van der Waals surface area contributed by atoms with Crippen LogP contribution in [0.1, 0.15) is 11.3 Å². The maximum atomic E-state index is 11.3. The molecule has 2 rings (SSSR count). The third kappa shape index (κ3) is 3.65. The minimum Gasteiger partial charge on any atom is -0.337 e. The van der Waals surface area contributed by atoms with Crippen LogP contribution in [0.15, 0.2) is 41.7 Å². The van der Waals surface area contributed by atoms with Crippen LogP contribution in [0.4, 0.5) is 0 Å². The van der Waals surface area contributed by atoms with Crippen molar-refractivity contribution >= 4 is 9.84 Å². The van der Waals surface area contributed by atoms with Crippen LogP contribution >= 0.6 is 0 Å². The Bertz CT molecular complexity index is 645. The standard InChI is InChI=1S/C13H17N3O2S/c1-16-10-15-9-12(16)8-14-7-11-3-5-13(6-4-11)19(2,17)18/h3-6,9-10,14H,7-8H2,1-2H3. The molecule has 0 aliphatic rings. The number of sulfone groups is 1. The summed E-state index contributed by atoms with van der Waals surface area (Å²) in [6.07, 6.45) is 4.79. The first-order valence-corrected chi connectivity index (χ1v) is 7.81. The molecule has 6 heteroatoms. The highest BCUT2D eigenvalue weighted by molar-refractivity contribution is 7.90. The van der Waals surface area contributed by atoms with Gasteiger partial charge >= 0.3 is 0 Å². The van der Waals surface area contributed by atoms with Crippen molar-refractivity contribution in [2.75, 3.05) is 6.26 Å². The second kappa shape index (κ2) is 5.54. The summed E-state index contributed by atoms with van der Waals surface area (Å²) in [5.74, 6) is 0. The minimum atomic E-state index is -3.11. The van der Waals surface area contributed by atoms with Gasteiger partial charge in [-0.2, -0.15) is 0 Å². The molecule has 1 aromatic heterocycles. The van der Waals surface area contributed by atoms with E-state index in [1.54, 1.807) is 18.5 Å². The second-order valence-corrected chi connectivity index (χ2v) is 6.53. The van der Waals surface area contributed by atoms with Gasteiger partial charge in [0.2, 0.25) is 0 Å². The van der Waals surface area contributed by atoms with E-state index in [0.717, 1.165) is 17.8 Å². The van der Waals surface area contributed by atoms with Crippen LogP contribution in [0, 0.1) is 0 Å². The number of aryl methyl sites for hydroxylation is 1. The fraction of sp³-hybridized carbons (Fsp3) is 0.308. The summed E-state index contributed by atoms with van der Waals surface area (Å²) in [6, 6.07) is 6.92. The molecule has 5 nitrogen and oxygen atoms in total. The topological polar surface area (TPSA) is 64.0 Å². The minimum absolute atomic E-state index is 0.350. The second-order valence-electron chi connectivity index (χ2n) is 4.52. The highest BCUT2D eigenvalue weighted by Crippen LogP contribution is 2.10. The quantitative estimate of drug-likeness (QED) is 0.890. The Balaban J connectivity index is 1.92. The maximum absolute atomic E-state index is 11.3. The summed E-state index contributed by atoms with van der Waals surface area (Å²) >= 11 is 0. The molecule has 102 valence electrons. The van der Waals surface area contributed by atoms with E-state index in [2.05, 4.69) is 10.3 Å². The van der Waals surface area contributed by atoms with Crippen LogP contribution < -0.4 is 5.32 Å². The zero-order chi connectivity index (χ0) is 13.9. The van der Waals surface area contributed by atoms with Gasteiger partial charge in [0.1, 0.15) is 0 Å². The van der Waals surface area contributed by atoms with Gasteiger partial charge in [-0.05, 0) is 17.7 Å². The maximum Gasteiger partial charge on any atom is 0.175 e. The van der Waals surface area contributed by atoms with Crippen LogP contribution in [-0.4, -0.2) is 24.2 Å². The fourth-order valence-electron chi connectivity index (χ4n) is 1.74. The van der Waals surface area contributed by atoms with Crippen LogP contribution in [0.25, 0.3) is 0 Å². The Hall–Kier alpha value is -1.66. The average molecular weight is 279 g/mol. The Labute approximate surface area is 113 Å². The highest BCUT2D eigenvalue weighted by Gasteiger charge is 2.06. The summed E-state index contributed by atoms with van der Waals surface area (Å²) in [5, 5.41) is 3.29. The van der Waals surface area contributed by atoms with Crippen LogP contribution in [-0.2, 0) is 30.0 Å². The lowest BCUT2D eigenvalue weighted by atomic mass is 10.2. The van der Waals surface area contributed by atoms with Crippen LogP contribution in [0.2, 0.25) is 0 Å². The van der Waals surface area contributed by atoms with E-state index in [1.165, 1.54) is 6.26 Å². The molecule has 0 bridgehead atoms. The zero-order valence-electron chi connectivity index (χ0n) is 11.0. The molecule has 0 fully saturated rings. The van der Waals surface area contributed by atoms with E-state index in [-0.39, 0.29) is 0 Å². The third-order valence-corrected chi connectivity index (χ3v) is 4.03. The predicted molar refractivity (Wildman–Crippen MR) is 73.3 cm³/mol. The first kappa shape index (κ1) is 13.8. The summed E-state index contributed by atoms with van der Waals surface area (Å²) in [7, 11) is -1.16. The van der Waals surface area contributed by atoms with Gasteiger partial charge < -0.3 is 9.88 Å². The van der Waals surface area contributed by atoms with Crippen molar-refractivity contribution in [3.05, 3.63) is 48.0 Å². The first-order chi connectivity index (χ1) is 8.97. The van der Waals surface area contributed by atoms with Gasteiger partial charge in [-0.25, -0.2) is 13.4 Å². The van der Waals surface area contributed by atoms with Crippen molar-refractivity contribution in [3.63, 3.8) is 0 Å². The Morgan fingerprint density at radius 1 is 1.21 bits per heavy atom.